The number of nitrogens with zero attached hydrogens (tertiary/aromatic N) is 3. The zero-order valence-corrected chi connectivity index (χ0v) is 23.1. The Hall–Kier alpha value is -3.62. The number of ether oxygens (including phenoxy) is 1. The van der Waals surface area contributed by atoms with Gasteiger partial charge >= 0.3 is 0 Å². The summed E-state index contributed by atoms with van der Waals surface area (Å²) in [5, 5.41) is 5.03. The summed E-state index contributed by atoms with van der Waals surface area (Å²) in [6.45, 7) is 7.13. The summed E-state index contributed by atoms with van der Waals surface area (Å²) in [5.41, 5.74) is 4.19. The van der Waals surface area contributed by atoms with Crippen LogP contribution in [0.15, 0.2) is 60.9 Å². The fraction of sp³-hybridized carbons (Fsp3) is 0.333. The third kappa shape index (κ3) is 5.87. The number of methoxy groups -OCH3 is 1. The van der Waals surface area contributed by atoms with Gasteiger partial charge in [0.15, 0.2) is 0 Å². The van der Waals surface area contributed by atoms with Crippen molar-refractivity contribution in [3.05, 3.63) is 77.3 Å². The summed E-state index contributed by atoms with van der Waals surface area (Å²) in [6, 6.07) is 14.5. The summed E-state index contributed by atoms with van der Waals surface area (Å²) >= 11 is 6.11. The third-order valence-corrected chi connectivity index (χ3v) is 7.44. The van der Waals surface area contributed by atoms with E-state index in [1.54, 1.807) is 6.20 Å². The minimum Gasteiger partial charge on any atom is -0.497 e. The minimum absolute atomic E-state index is 0.0988. The Morgan fingerprint density at radius 3 is 2.56 bits per heavy atom. The van der Waals surface area contributed by atoms with Crippen LogP contribution >= 0.6 is 11.6 Å². The van der Waals surface area contributed by atoms with Crippen LogP contribution in [-0.2, 0) is 4.79 Å². The van der Waals surface area contributed by atoms with Crippen LogP contribution in [0.5, 0.6) is 5.75 Å². The van der Waals surface area contributed by atoms with Crippen LogP contribution in [0.2, 0.25) is 5.02 Å². The molecule has 1 atom stereocenters. The maximum atomic E-state index is 14.4. The van der Waals surface area contributed by atoms with E-state index in [4.69, 9.17) is 16.3 Å². The standard InChI is InChI=1S/C30H33ClFN5O2/c1-19(2)34-18-27(20-4-6-22(31)7-5-20)30(38)37-12-10-36(11-13-37)28-25-8-9-33-29(25)35-17-26(28)21-14-23(32)16-24(15-21)39-3/h4-9,14-17,19,27,34H,10-13,18H2,1-3H3,(H,33,35). The topological polar surface area (TPSA) is 73.5 Å². The van der Waals surface area contributed by atoms with Gasteiger partial charge in [-0.15, -0.1) is 0 Å². The van der Waals surface area contributed by atoms with E-state index < -0.39 is 0 Å². The van der Waals surface area contributed by atoms with Gasteiger partial charge in [0.2, 0.25) is 5.91 Å². The van der Waals surface area contributed by atoms with Crippen molar-refractivity contribution in [3.8, 4) is 16.9 Å². The number of carbonyl (C=O) groups excluding carboxylic acids is 1. The number of halogens is 2. The van der Waals surface area contributed by atoms with E-state index >= 15 is 0 Å². The number of hydrogen-bond acceptors (Lipinski definition) is 5. The van der Waals surface area contributed by atoms with Gasteiger partial charge in [-0.1, -0.05) is 37.6 Å². The second kappa shape index (κ2) is 11.6. The summed E-state index contributed by atoms with van der Waals surface area (Å²) in [4.78, 5) is 25.7. The first-order chi connectivity index (χ1) is 18.8. The zero-order valence-electron chi connectivity index (χ0n) is 22.4. The molecule has 0 saturated carbocycles. The molecule has 1 unspecified atom stereocenters. The molecular formula is C30H33ClFN5O2. The molecule has 1 saturated heterocycles. The average molecular weight is 550 g/mol. The Morgan fingerprint density at radius 2 is 1.87 bits per heavy atom. The fourth-order valence-electron chi connectivity index (χ4n) is 5.15. The molecule has 1 fully saturated rings. The van der Waals surface area contributed by atoms with Crippen LogP contribution in [0, 0.1) is 5.82 Å². The van der Waals surface area contributed by atoms with Crippen LogP contribution in [-0.4, -0.2) is 66.7 Å². The Kier molecular flexibility index (Phi) is 8.04. The first kappa shape index (κ1) is 27.0. The molecule has 0 aliphatic carbocycles. The quantitative estimate of drug-likeness (QED) is 0.305. The van der Waals surface area contributed by atoms with Gasteiger partial charge in [0.25, 0.3) is 0 Å². The van der Waals surface area contributed by atoms with Crippen molar-refractivity contribution in [2.45, 2.75) is 25.8 Å². The van der Waals surface area contributed by atoms with Crippen molar-refractivity contribution in [2.75, 3.05) is 44.7 Å². The molecule has 0 radical (unpaired) electrons. The largest absolute Gasteiger partial charge is 0.497 e. The van der Waals surface area contributed by atoms with Crippen molar-refractivity contribution in [2.24, 2.45) is 0 Å². The van der Waals surface area contributed by atoms with E-state index in [0.29, 0.717) is 49.1 Å². The van der Waals surface area contributed by atoms with Gasteiger partial charge in [0, 0.05) is 73.2 Å². The molecule has 1 aliphatic rings. The van der Waals surface area contributed by atoms with Gasteiger partial charge in [-0.25, -0.2) is 9.37 Å². The highest BCUT2D eigenvalue weighted by atomic mass is 35.5. The van der Waals surface area contributed by atoms with E-state index in [0.717, 1.165) is 27.8 Å². The monoisotopic (exact) mass is 549 g/mol. The third-order valence-electron chi connectivity index (χ3n) is 7.18. The van der Waals surface area contributed by atoms with Crippen LogP contribution in [0.1, 0.15) is 25.3 Å². The molecule has 2 aromatic carbocycles. The van der Waals surface area contributed by atoms with Crippen LogP contribution in [0.3, 0.4) is 0 Å². The lowest BCUT2D eigenvalue weighted by Crippen LogP contribution is -2.51. The van der Waals surface area contributed by atoms with Gasteiger partial charge in [-0.05, 0) is 41.5 Å². The van der Waals surface area contributed by atoms with Crippen molar-refractivity contribution >= 4 is 34.2 Å². The van der Waals surface area contributed by atoms with Crippen molar-refractivity contribution in [1.82, 2.24) is 20.2 Å². The summed E-state index contributed by atoms with van der Waals surface area (Å²) in [5.74, 6) is -0.127. The SMILES string of the molecule is COc1cc(F)cc(-c2cnc3[nH]ccc3c2N2CCN(C(=O)C(CNC(C)C)c3ccc(Cl)cc3)CC2)c1. The predicted octanol–water partition coefficient (Wildman–Crippen LogP) is 5.46. The second-order valence-electron chi connectivity index (χ2n) is 10.1. The Morgan fingerprint density at radius 1 is 1.13 bits per heavy atom. The fourth-order valence-corrected chi connectivity index (χ4v) is 5.28. The summed E-state index contributed by atoms with van der Waals surface area (Å²) in [7, 11) is 1.53. The van der Waals surface area contributed by atoms with Crippen LogP contribution in [0.25, 0.3) is 22.2 Å². The number of pyridine rings is 1. The number of hydrogen-bond donors (Lipinski definition) is 2. The minimum atomic E-state index is -0.372. The molecule has 7 nitrogen and oxygen atoms in total. The number of benzene rings is 2. The Labute approximate surface area is 232 Å². The van der Waals surface area contributed by atoms with Crippen molar-refractivity contribution < 1.29 is 13.9 Å². The maximum Gasteiger partial charge on any atom is 0.231 e. The molecule has 39 heavy (non-hydrogen) atoms. The van der Waals surface area contributed by atoms with Gasteiger partial charge < -0.3 is 24.8 Å². The molecule has 2 aromatic heterocycles. The first-order valence-electron chi connectivity index (χ1n) is 13.2. The van der Waals surface area contributed by atoms with E-state index in [1.165, 1.54) is 19.2 Å². The molecule has 0 bridgehead atoms. The Bertz CT molecular complexity index is 1450. The molecule has 2 N–H and O–H groups in total. The number of H-pyrrole nitrogens is 1. The number of aromatic nitrogens is 2. The number of amides is 1. The zero-order chi connectivity index (χ0) is 27.5. The molecule has 5 rings (SSSR count). The number of aromatic amines is 1. The van der Waals surface area contributed by atoms with Gasteiger partial charge in [0.05, 0.1) is 18.7 Å². The lowest BCUT2D eigenvalue weighted by atomic mass is 9.96. The summed E-state index contributed by atoms with van der Waals surface area (Å²) in [6.07, 6.45) is 3.63. The van der Waals surface area contributed by atoms with Crippen molar-refractivity contribution in [3.63, 3.8) is 0 Å². The predicted molar refractivity (Wildman–Crippen MR) is 154 cm³/mol. The molecule has 9 heteroatoms. The number of piperazine rings is 1. The first-order valence-corrected chi connectivity index (χ1v) is 13.6. The maximum absolute atomic E-state index is 14.4. The molecule has 4 aromatic rings. The average Bonchev–Trinajstić information content (AvgIpc) is 3.42. The van der Waals surface area contributed by atoms with Crippen LogP contribution < -0.4 is 15.0 Å². The number of nitrogens with one attached hydrogen (secondary N) is 2. The number of carbonyl (C=O) groups is 1. The van der Waals surface area contributed by atoms with E-state index in [9.17, 15) is 9.18 Å². The number of anilines is 1. The molecule has 1 amide bonds. The molecule has 1 aliphatic heterocycles. The normalized spacial score (nSPS) is 14.7. The Balaban J connectivity index is 1.41. The lowest BCUT2D eigenvalue weighted by molar-refractivity contribution is -0.133. The van der Waals surface area contributed by atoms with E-state index in [2.05, 4.69) is 34.0 Å². The lowest BCUT2D eigenvalue weighted by Gasteiger charge is -2.38. The van der Waals surface area contributed by atoms with E-state index in [1.807, 2.05) is 47.5 Å². The highest BCUT2D eigenvalue weighted by Crippen LogP contribution is 2.38. The van der Waals surface area contributed by atoms with Gasteiger partial charge in [0.1, 0.15) is 17.2 Å². The van der Waals surface area contributed by atoms with Gasteiger partial charge in [-0.3, -0.25) is 4.79 Å². The molecule has 3 heterocycles. The smallest absolute Gasteiger partial charge is 0.231 e. The molecule has 204 valence electrons. The van der Waals surface area contributed by atoms with Crippen molar-refractivity contribution in [1.29, 1.82) is 0 Å². The summed E-state index contributed by atoms with van der Waals surface area (Å²) < 4.78 is 19.8. The number of fused-ring (bicyclic) bond motifs is 1. The van der Waals surface area contributed by atoms with Crippen LogP contribution in [0.4, 0.5) is 10.1 Å². The second-order valence-corrected chi connectivity index (χ2v) is 10.6. The number of rotatable bonds is 8. The highest BCUT2D eigenvalue weighted by molar-refractivity contribution is 6.30. The highest BCUT2D eigenvalue weighted by Gasteiger charge is 2.30. The van der Waals surface area contributed by atoms with Gasteiger partial charge in [-0.2, -0.15) is 0 Å². The van der Waals surface area contributed by atoms with E-state index in [-0.39, 0.29) is 23.7 Å². The molecule has 0 spiro atoms. The molecular weight excluding hydrogens is 517 g/mol.